The molecule has 4 nitrogen and oxygen atoms in total. The Balaban J connectivity index is 1.51. The molecule has 0 spiro atoms. The molecule has 1 heterocycles. The number of halogens is 1. The number of methoxy groups -OCH3 is 1. The predicted octanol–water partition coefficient (Wildman–Crippen LogP) is 5.55. The largest absolute Gasteiger partial charge is 0.497 e. The number of benzene rings is 3. The molecule has 0 saturated heterocycles. The molecule has 1 aliphatic carbocycles. The number of hydrogen-bond acceptors (Lipinski definition) is 3. The Morgan fingerprint density at radius 1 is 1.06 bits per heavy atom. The minimum absolute atomic E-state index is 0.0813. The number of rotatable bonds is 3. The molecule has 0 unspecified atom stereocenters. The molecule has 1 aliphatic heterocycles. The number of hydrazone groups is 1. The van der Waals surface area contributed by atoms with E-state index < -0.39 is 0 Å². The van der Waals surface area contributed by atoms with E-state index in [1.807, 2.05) is 47.5 Å². The Bertz CT molecular complexity index is 1140. The van der Waals surface area contributed by atoms with E-state index in [9.17, 15) is 4.39 Å². The van der Waals surface area contributed by atoms with Crippen molar-refractivity contribution in [2.45, 2.75) is 18.9 Å². The Hall–Kier alpha value is -3.25. The summed E-state index contributed by atoms with van der Waals surface area (Å²) in [7, 11) is 1.64. The summed E-state index contributed by atoms with van der Waals surface area (Å²) in [5.74, 6) is 0.725. The highest BCUT2D eigenvalue weighted by Gasteiger charge is 2.42. The third-order valence-corrected chi connectivity index (χ3v) is 6.28. The highest BCUT2D eigenvalue weighted by molar-refractivity contribution is 7.80. The standard InChI is InChI=1S/C25H22FN3OS/c1-30-20-13-11-19(12-14-20)27-25(31)29-24(17-6-9-18(26)10-7-17)22-15-8-16-4-2-3-5-21(16)23(22)28-29/h2-7,9-14,22,24H,8,15H2,1H3,(H,27,31)/t22-,24+/m1/s1. The first kappa shape index (κ1) is 19.7. The zero-order valence-corrected chi connectivity index (χ0v) is 17.9. The van der Waals surface area contributed by atoms with Crippen LogP contribution < -0.4 is 10.1 Å². The van der Waals surface area contributed by atoms with Gasteiger partial charge in [-0.3, -0.25) is 0 Å². The third kappa shape index (κ3) is 3.68. The first-order chi connectivity index (χ1) is 15.1. The van der Waals surface area contributed by atoms with E-state index in [0.29, 0.717) is 5.11 Å². The minimum atomic E-state index is -0.248. The van der Waals surface area contributed by atoms with Gasteiger partial charge in [0.05, 0.1) is 18.9 Å². The molecule has 31 heavy (non-hydrogen) atoms. The van der Waals surface area contributed by atoms with Gasteiger partial charge in [0.1, 0.15) is 11.6 Å². The van der Waals surface area contributed by atoms with Crippen molar-refractivity contribution in [3.63, 3.8) is 0 Å². The van der Waals surface area contributed by atoms with Gasteiger partial charge >= 0.3 is 0 Å². The van der Waals surface area contributed by atoms with Crippen LogP contribution in [-0.4, -0.2) is 22.9 Å². The average molecular weight is 432 g/mol. The highest BCUT2D eigenvalue weighted by atomic mass is 32.1. The summed E-state index contributed by atoms with van der Waals surface area (Å²) in [6, 6.07) is 22.6. The van der Waals surface area contributed by atoms with Crippen LogP contribution in [0.5, 0.6) is 5.75 Å². The SMILES string of the molecule is COc1ccc(NC(=S)N2N=C3c4ccccc4CC[C@H]3[C@@H]2c2ccc(F)cc2)cc1. The van der Waals surface area contributed by atoms with Crippen LogP contribution >= 0.6 is 12.2 Å². The fourth-order valence-corrected chi connectivity index (χ4v) is 4.75. The Kier molecular flexibility index (Phi) is 5.16. The third-order valence-electron chi connectivity index (χ3n) is 5.99. The molecule has 2 aliphatic rings. The number of fused-ring (bicyclic) bond motifs is 3. The van der Waals surface area contributed by atoms with Gasteiger partial charge in [0, 0.05) is 17.2 Å². The lowest BCUT2D eigenvalue weighted by molar-refractivity contribution is 0.311. The number of thiocarbonyl (C=S) groups is 1. The van der Waals surface area contributed by atoms with E-state index in [1.54, 1.807) is 7.11 Å². The van der Waals surface area contributed by atoms with Crippen LogP contribution in [0, 0.1) is 11.7 Å². The Morgan fingerprint density at radius 3 is 2.55 bits per heavy atom. The molecule has 2 atom stereocenters. The van der Waals surface area contributed by atoms with Gasteiger partial charge in [-0.1, -0.05) is 36.4 Å². The Morgan fingerprint density at radius 2 is 1.81 bits per heavy atom. The summed E-state index contributed by atoms with van der Waals surface area (Å²) in [6.45, 7) is 0. The Labute approximate surface area is 186 Å². The van der Waals surface area contributed by atoms with Crippen molar-refractivity contribution in [1.29, 1.82) is 0 Å². The molecule has 3 aromatic carbocycles. The highest BCUT2D eigenvalue weighted by Crippen LogP contribution is 2.43. The summed E-state index contributed by atoms with van der Waals surface area (Å²) >= 11 is 5.78. The van der Waals surface area contributed by atoms with Crippen LogP contribution in [0.1, 0.15) is 29.2 Å². The van der Waals surface area contributed by atoms with Crippen molar-refractivity contribution in [1.82, 2.24) is 5.01 Å². The van der Waals surface area contributed by atoms with Crippen LogP contribution in [0.15, 0.2) is 77.9 Å². The van der Waals surface area contributed by atoms with Crippen LogP contribution in [0.2, 0.25) is 0 Å². The lowest BCUT2D eigenvalue weighted by Crippen LogP contribution is -2.34. The molecule has 0 amide bonds. The summed E-state index contributed by atoms with van der Waals surface area (Å²) in [4.78, 5) is 0. The molecular weight excluding hydrogens is 409 g/mol. The van der Waals surface area contributed by atoms with Crippen LogP contribution in [0.4, 0.5) is 10.1 Å². The van der Waals surface area contributed by atoms with Crippen molar-refractivity contribution in [3.05, 3.63) is 95.3 Å². The van der Waals surface area contributed by atoms with Gasteiger partial charge < -0.3 is 10.1 Å². The van der Waals surface area contributed by atoms with E-state index in [1.165, 1.54) is 23.3 Å². The first-order valence-corrected chi connectivity index (χ1v) is 10.7. The van der Waals surface area contributed by atoms with Crippen LogP contribution in [-0.2, 0) is 6.42 Å². The summed E-state index contributed by atoms with van der Waals surface area (Å²) in [6.07, 6.45) is 1.96. The molecule has 5 rings (SSSR count). The molecule has 0 aromatic heterocycles. The van der Waals surface area contributed by atoms with Crippen molar-refractivity contribution in [3.8, 4) is 5.75 Å². The zero-order chi connectivity index (χ0) is 21.4. The average Bonchev–Trinajstić information content (AvgIpc) is 3.20. The first-order valence-electron chi connectivity index (χ1n) is 10.3. The maximum absolute atomic E-state index is 13.6. The van der Waals surface area contributed by atoms with Gasteiger partial charge in [-0.15, -0.1) is 0 Å². The number of ether oxygens (including phenoxy) is 1. The molecule has 0 radical (unpaired) electrons. The maximum Gasteiger partial charge on any atom is 0.194 e. The van der Waals surface area contributed by atoms with Gasteiger partial charge in [0.2, 0.25) is 0 Å². The maximum atomic E-state index is 13.6. The molecule has 156 valence electrons. The summed E-state index contributed by atoms with van der Waals surface area (Å²) in [5.41, 5.74) is 5.41. The van der Waals surface area contributed by atoms with Crippen molar-refractivity contribution < 1.29 is 9.13 Å². The van der Waals surface area contributed by atoms with Gasteiger partial charge in [-0.05, 0) is 72.6 Å². The molecule has 6 heteroatoms. The van der Waals surface area contributed by atoms with Gasteiger partial charge in [-0.2, -0.15) is 5.10 Å². The lowest BCUT2D eigenvalue weighted by Gasteiger charge is -2.30. The molecular formula is C25H22FN3OS. The smallest absolute Gasteiger partial charge is 0.194 e. The van der Waals surface area contributed by atoms with E-state index >= 15 is 0 Å². The van der Waals surface area contributed by atoms with Gasteiger partial charge in [0.15, 0.2) is 5.11 Å². The topological polar surface area (TPSA) is 36.9 Å². The lowest BCUT2D eigenvalue weighted by atomic mass is 9.77. The number of anilines is 1. The molecule has 0 bridgehead atoms. The summed E-state index contributed by atoms with van der Waals surface area (Å²) < 4.78 is 18.9. The van der Waals surface area contributed by atoms with Crippen LogP contribution in [0.25, 0.3) is 0 Å². The van der Waals surface area contributed by atoms with Crippen molar-refractivity contribution in [2.24, 2.45) is 11.0 Å². The zero-order valence-electron chi connectivity index (χ0n) is 17.1. The van der Waals surface area contributed by atoms with E-state index in [0.717, 1.165) is 35.6 Å². The molecule has 0 saturated carbocycles. The molecule has 1 N–H and O–H groups in total. The quantitative estimate of drug-likeness (QED) is 0.552. The fraction of sp³-hybridized carbons (Fsp3) is 0.200. The number of nitrogens with one attached hydrogen (secondary N) is 1. The number of nitrogens with zero attached hydrogens (tertiary/aromatic N) is 2. The van der Waals surface area contributed by atoms with E-state index in [4.69, 9.17) is 22.1 Å². The normalized spacial score (nSPS) is 19.3. The second kappa shape index (κ2) is 8.12. The number of hydrogen-bond donors (Lipinski definition) is 1. The van der Waals surface area contributed by atoms with E-state index in [-0.39, 0.29) is 17.8 Å². The van der Waals surface area contributed by atoms with Crippen LogP contribution in [0.3, 0.4) is 0 Å². The predicted molar refractivity (Wildman–Crippen MR) is 125 cm³/mol. The minimum Gasteiger partial charge on any atom is -0.497 e. The van der Waals surface area contributed by atoms with Crippen molar-refractivity contribution in [2.75, 3.05) is 12.4 Å². The fourth-order valence-electron chi connectivity index (χ4n) is 4.48. The van der Waals surface area contributed by atoms with Gasteiger partial charge in [-0.25, -0.2) is 9.40 Å². The monoisotopic (exact) mass is 431 g/mol. The number of aryl methyl sites for hydroxylation is 1. The molecule has 0 fully saturated rings. The van der Waals surface area contributed by atoms with Gasteiger partial charge in [0.25, 0.3) is 0 Å². The molecule has 3 aromatic rings. The van der Waals surface area contributed by atoms with Crippen molar-refractivity contribution >= 4 is 28.7 Å². The second-order valence-electron chi connectivity index (χ2n) is 7.79. The summed E-state index contributed by atoms with van der Waals surface area (Å²) in [5, 5.41) is 10.7. The second-order valence-corrected chi connectivity index (χ2v) is 8.17. The van der Waals surface area contributed by atoms with E-state index in [2.05, 4.69) is 23.5 Å².